The van der Waals surface area contributed by atoms with Crippen molar-refractivity contribution in [2.75, 3.05) is 27.2 Å². The van der Waals surface area contributed by atoms with E-state index in [4.69, 9.17) is 5.73 Å². The Kier molecular flexibility index (Phi) is 5.39. The third-order valence-corrected chi connectivity index (χ3v) is 5.21. The lowest BCUT2D eigenvalue weighted by atomic mass is 9.97. The van der Waals surface area contributed by atoms with Gasteiger partial charge in [0.2, 0.25) is 0 Å². The van der Waals surface area contributed by atoms with Gasteiger partial charge in [-0.3, -0.25) is 4.90 Å². The van der Waals surface area contributed by atoms with Crippen molar-refractivity contribution in [3.63, 3.8) is 0 Å². The predicted molar refractivity (Wildman–Crippen MR) is 83.6 cm³/mol. The largest absolute Gasteiger partial charge is 0.326 e. The summed E-state index contributed by atoms with van der Waals surface area (Å²) in [7, 11) is 4.38. The van der Waals surface area contributed by atoms with E-state index in [0.29, 0.717) is 12.1 Å². The highest BCUT2D eigenvalue weighted by molar-refractivity contribution is 7.10. The van der Waals surface area contributed by atoms with Crippen LogP contribution in [0.4, 0.5) is 0 Å². The Hall–Kier alpha value is -0.420. The van der Waals surface area contributed by atoms with E-state index in [-0.39, 0.29) is 6.04 Å². The van der Waals surface area contributed by atoms with Gasteiger partial charge in [-0.1, -0.05) is 13.0 Å². The standard InChI is InChI=1S/C15H27N3S/c1-4-13(16)15(14-8-6-10-19-14)18-9-5-7-12(11-18)17(2)3/h6,8,10,12-13,15H,4-5,7,9,11,16H2,1-3H3. The summed E-state index contributed by atoms with van der Waals surface area (Å²) in [6.07, 6.45) is 3.62. The fourth-order valence-electron chi connectivity index (χ4n) is 3.00. The van der Waals surface area contributed by atoms with Crippen molar-refractivity contribution in [1.29, 1.82) is 0 Å². The van der Waals surface area contributed by atoms with Gasteiger partial charge in [-0.15, -0.1) is 11.3 Å². The first-order chi connectivity index (χ1) is 9.13. The van der Waals surface area contributed by atoms with Crippen molar-refractivity contribution in [2.45, 2.75) is 44.3 Å². The van der Waals surface area contributed by atoms with Crippen LogP contribution >= 0.6 is 11.3 Å². The third kappa shape index (κ3) is 3.57. The van der Waals surface area contributed by atoms with Crippen molar-refractivity contribution in [1.82, 2.24) is 9.80 Å². The molecule has 0 aliphatic carbocycles. The highest BCUT2D eigenvalue weighted by atomic mass is 32.1. The van der Waals surface area contributed by atoms with Gasteiger partial charge in [0.15, 0.2) is 0 Å². The maximum absolute atomic E-state index is 6.41. The van der Waals surface area contributed by atoms with Gasteiger partial charge in [-0.25, -0.2) is 0 Å². The van der Waals surface area contributed by atoms with Crippen LogP contribution in [0.5, 0.6) is 0 Å². The normalized spacial score (nSPS) is 24.6. The summed E-state index contributed by atoms with van der Waals surface area (Å²) in [5, 5.41) is 2.16. The van der Waals surface area contributed by atoms with Gasteiger partial charge >= 0.3 is 0 Å². The monoisotopic (exact) mass is 281 g/mol. The quantitative estimate of drug-likeness (QED) is 0.900. The summed E-state index contributed by atoms with van der Waals surface area (Å²) < 4.78 is 0. The molecule has 0 amide bonds. The number of likely N-dealkylation sites (tertiary alicyclic amines) is 1. The minimum atomic E-state index is 0.236. The summed E-state index contributed by atoms with van der Waals surface area (Å²) in [6.45, 7) is 4.52. The van der Waals surface area contributed by atoms with Crippen molar-refractivity contribution in [3.05, 3.63) is 22.4 Å². The van der Waals surface area contributed by atoms with Crippen LogP contribution < -0.4 is 5.73 Å². The van der Waals surface area contributed by atoms with Gasteiger partial charge in [-0.05, 0) is 51.3 Å². The van der Waals surface area contributed by atoms with Crippen LogP contribution in [0.15, 0.2) is 17.5 Å². The van der Waals surface area contributed by atoms with Gasteiger partial charge in [0.1, 0.15) is 0 Å². The van der Waals surface area contributed by atoms with Crippen LogP contribution in [0.25, 0.3) is 0 Å². The summed E-state index contributed by atoms with van der Waals surface area (Å²) in [6, 6.07) is 5.68. The molecule has 2 rings (SSSR count). The predicted octanol–water partition coefficient (Wildman–Crippen LogP) is 2.55. The molecule has 108 valence electrons. The number of likely N-dealkylation sites (N-methyl/N-ethyl adjacent to an activating group) is 1. The topological polar surface area (TPSA) is 32.5 Å². The summed E-state index contributed by atoms with van der Waals surface area (Å²) in [4.78, 5) is 6.39. The van der Waals surface area contributed by atoms with Crippen LogP contribution in [-0.2, 0) is 0 Å². The molecule has 0 aromatic carbocycles. The second-order valence-electron chi connectivity index (χ2n) is 5.79. The Labute approximate surface area is 121 Å². The van der Waals surface area contributed by atoms with Gasteiger partial charge in [0, 0.05) is 23.5 Å². The molecule has 1 saturated heterocycles. The smallest absolute Gasteiger partial charge is 0.0593 e. The van der Waals surface area contributed by atoms with Crippen molar-refractivity contribution < 1.29 is 0 Å². The van der Waals surface area contributed by atoms with E-state index in [9.17, 15) is 0 Å². The molecule has 2 N–H and O–H groups in total. The van der Waals surface area contributed by atoms with Gasteiger partial charge in [0.05, 0.1) is 6.04 Å². The van der Waals surface area contributed by atoms with Crippen molar-refractivity contribution in [2.24, 2.45) is 5.73 Å². The molecule has 0 bridgehead atoms. The van der Waals surface area contributed by atoms with Crippen LogP contribution in [0, 0.1) is 0 Å². The maximum Gasteiger partial charge on any atom is 0.0593 e. The number of nitrogens with two attached hydrogens (primary N) is 1. The molecule has 3 nitrogen and oxygen atoms in total. The molecule has 1 aromatic heterocycles. The maximum atomic E-state index is 6.41. The van der Waals surface area contributed by atoms with Crippen LogP contribution in [0.1, 0.15) is 37.1 Å². The summed E-state index contributed by atoms with van der Waals surface area (Å²) in [5.74, 6) is 0. The number of rotatable bonds is 5. The molecular formula is C15H27N3S. The molecule has 1 aliphatic rings. The molecule has 3 unspecified atom stereocenters. The molecular weight excluding hydrogens is 254 g/mol. The van der Waals surface area contributed by atoms with E-state index in [1.165, 1.54) is 24.3 Å². The number of hydrogen-bond acceptors (Lipinski definition) is 4. The average Bonchev–Trinajstić information content (AvgIpc) is 2.93. The van der Waals surface area contributed by atoms with E-state index >= 15 is 0 Å². The Morgan fingerprint density at radius 3 is 2.89 bits per heavy atom. The average molecular weight is 281 g/mol. The van der Waals surface area contributed by atoms with Crippen LogP contribution in [0.2, 0.25) is 0 Å². The minimum absolute atomic E-state index is 0.236. The highest BCUT2D eigenvalue weighted by Crippen LogP contribution is 2.31. The lowest BCUT2D eigenvalue weighted by molar-refractivity contribution is 0.0847. The molecule has 1 aliphatic heterocycles. The second-order valence-corrected chi connectivity index (χ2v) is 6.77. The number of thiophene rings is 1. The van der Waals surface area contributed by atoms with E-state index in [2.05, 4.69) is 48.3 Å². The second kappa shape index (κ2) is 6.84. The molecule has 0 spiro atoms. The lowest BCUT2D eigenvalue weighted by Gasteiger charge is -2.42. The van der Waals surface area contributed by atoms with Gasteiger partial charge in [-0.2, -0.15) is 0 Å². The Morgan fingerprint density at radius 1 is 1.53 bits per heavy atom. The van der Waals surface area contributed by atoms with Crippen LogP contribution in [-0.4, -0.2) is 49.1 Å². The van der Waals surface area contributed by atoms with Gasteiger partial charge in [0.25, 0.3) is 0 Å². The Morgan fingerprint density at radius 2 is 2.32 bits per heavy atom. The number of piperidine rings is 1. The molecule has 0 saturated carbocycles. The molecule has 1 fully saturated rings. The molecule has 19 heavy (non-hydrogen) atoms. The minimum Gasteiger partial charge on any atom is -0.326 e. The van der Waals surface area contributed by atoms with Crippen LogP contribution in [0.3, 0.4) is 0 Å². The zero-order chi connectivity index (χ0) is 13.8. The molecule has 1 aromatic rings. The molecule has 3 atom stereocenters. The zero-order valence-electron chi connectivity index (χ0n) is 12.4. The van der Waals surface area contributed by atoms with Crippen molar-refractivity contribution in [3.8, 4) is 0 Å². The van der Waals surface area contributed by atoms with Gasteiger partial charge < -0.3 is 10.6 Å². The Balaban J connectivity index is 2.14. The SMILES string of the molecule is CCC(N)C(c1cccs1)N1CCCC(N(C)C)C1. The first-order valence-electron chi connectivity index (χ1n) is 7.33. The molecule has 0 radical (unpaired) electrons. The summed E-state index contributed by atoms with van der Waals surface area (Å²) >= 11 is 1.84. The Bertz CT molecular complexity index is 363. The molecule has 2 heterocycles. The third-order valence-electron chi connectivity index (χ3n) is 4.26. The van der Waals surface area contributed by atoms with E-state index in [1.807, 2.05) is 11.3 Å². The lowest BCUT2D eigenvalue weighted by Crippen LogP contribution is -2.50. The van der Waals surface area contributed by atoms with E-state index in [0.717, 1.165) is 13.0 Å². The summed E-state index contributed by atoms with van der Waals surface area (Å²) in [5.41, 5.74) is 6.41. The van der Waals surface area contributed by atoms with E-state index in [1.54, 1.807) is 0 Å². The van der Waals surface area contributed by atoms with E-state index < -0.39 is 0 Å². The zero-order valence-corrected chi connectivity index (χ0v) is 13.2. The van der Waals surface area contributed by atoms with Crippen molar-refractivity contribution >= 4 is 11.3 Å². The number of hydrogen-bond donors (Lipinski definition) is 1. The first-order valence-corrected chi connectivity index (χ1v) is 8.21. The number of nitrogens with zero attached hydrogens (tertiary/aromatic N) is 2. The highest BCUT2D eigenvalue weighted by Gasteiger charge is 2.31. The molecule has 4 heteroatoms. The first kappa shape index (κ1) is 15.0. The fraction of sp³-hybridized carbons (Fsp3) is 0.733. The fourth-order valence-corrected chi connectivity index (χ4v) is 3.94.